The molecule has 3 rings (SSSR count). The van der Waals surface area contributed by atoms with Crippen LogP contribution in [0.25, 0.3) is 0 Å². The minimum absolute atomic E-state index is 0.246. The fraction of sp³-hybridized carbons (Fsp3) is 0.562. The van der Waals surface area contributed by atoms with Crippen molar-refractivity contribution >= 4 is 27.7 Å². The van der Waals surface area contributed by atoms with Crippen molar-refractivity contribution in [3.63, 3.8) is 0 Å². The molecule has 8 heteroatoms. The predicted molar refractivity (Wildman–Crippen MR) is 89.3 cm³/mol. The molecule has 0 aromatic rings. The van der Waals surface area contributed by atoms with E-state index in [1.54, 1.807) is 13.0 Å². The van der Waals surface area contributed by atoms with Crippen LogP contribution in [-0.2, 0) is 14.8 Å². The highest BCUT2D eigenvalue weighted by atomic mass is 32.2. The van der Waals surface area contributed by atoms with Gasteiger partial charge in [0.25, 0.3) is 0 Å². The SMILES string of the molecule is CCN1C(=O)C2=CC(S(=O)(=O)NC3(C)CC3)C=CC2=[N+](CC)C1=O. The van der Waals surface area contributed by atoms with Crippen molar-refractivity contribution in [2.45, 2.75) is 44.4 Å². The summed E-state index contributed by atoms with van der Waals surface area (Å²) in [6, 6.07) is -0.369. The van der Waals surface area contributed by atoms with E-state index in [9.17, 15) is 18.0 Å². The van der Waals surface area contributed by atoms with Gasteiger partial charge in [0.05, 0.1) is 13.1 Å². The second-order valence-corrected chi connectivity index (χ2v) is 8.41. The van der Waals surface area contributed by atoms with Gasteiger partial charge in [-0.15, -0.1) is 0 Å². The smallest absolute Gasteiger partial charge is 0.240 e. The average Bonchev–Trinajstić information content (AvgIpc) is 3.24. The molecule has 1 atom stereocenters. The minimum atomic E-state index is -3.62. The fourth-order valence-electron chi connectivity index (χ4n) is 2.96. The second kappa shape index (κ2) is 5.63. The summed E-state index contributed by atoms with van der Waals surface area (Å²) in [5.41, 5.74) is 0.380. The van der Waals surface area contributed by atoms with E-state index in [1.807, 2.05) is 13.8 Å². The number of hydrogen-bond acceptors (Lipinski definition) is 4. The molecule has 3 amide bonds. The molecule has 2 aliphatic carbocycles. The summed E-state index contributed by atoms with van der Waals surface area (Å²) >= 11 is 0. The van der Waals surface area contributed by atoms with Gasteiger partial charge in [0.1, 0.15) is 16.5 Å². The zero-order chi connectivity index (χ0) is 17.7. The molecule has 0 saturated heterocycles. The molecule has 1 aliphatic heterocycles. The molecule has 1 fully saturated rings. The van der Waals surface area contributed by atoms with Gasteiger partial charge in [0.15, 0.2) is 0 Å². The van der Waals surface area contributed by atoms with E-state index < -0.39 is 21.2 Å². The van der Waals surface area contributed by atoms with Gasteiger partial charge < -0.3 is 0 Å². The van der Waals surface area contributed by atoms with Gasteiger partial charge in [0, 0.05) is 5.54 Å². The first-order valence-corrected chi connectivity index (χ1v) is 9.70. The lowest BCUT2D eigenvalue weighted by molar-refractivity contribution is -0.431. The largest absolute Gasteiger partial charge is 0.501 e. The standard InChI is InChI=1S/C16H22N3O4S/c1-4-18-13-7-6-11(24(22,23)17-16(3)8-9-16)10-12(13)14(20)19(5-2)15(18)21/h6-7,10-11,17H,4-5,8-9H2,1-3H3/q+1. The predicted octanol–water partition coefficient (Wildman–Crippen LogP) is 0.779. The highest BCUT2D eigenvalue weighted by Gasteiger charge is 2.46. The molecule has 130 valence electrons. The van der Waals surface area contributed by atoms with Crippen LogP contribution in [0.2, 0.25) is 0 Å². The summed E-state index contributed by atoms with van der Waals surface area (Å²) in [6.07, 6.45) is 6.18. The van der Waals surface area contributed by atoms with Gasteiger partial charge in [0.2, 0.25) is 10.0 Å². The first-order chi connectivity index (χ1) is 11.2. The van der Waals surface area contributed by atoms with Crippen molar-refractivity contribution in [1.82, 2.24) is 9.62 Å². The van der Waals surface area contributed by atoms with Gasteiger partial charge in [-0.3, -0.25) is 0 Å². The quantitative estimate of drug-likeness (QED) is 0.741. The lowest BCUT2D eigenvalue weighted by atomic mass is 9.99. The van der Waals surface area contributed by atoms with E-state index in [0.29, 0.717) is 12.3 Å². The van der Waals surface area contributed by atoms with E-state index in [0.717, 1.165) is 17.7 Å². The number of hydrogen-bond donors (Lipinski definition) is 1. The highest BCUT2D eigenvalue weighted by Crippen LogP contribution is 2.36. The molecule has 24 heavy (non-hydrogen) atoms. The molecular formula is C16H22N3O4S+. The van der Waals surface area contributed by atoms with Gasteiger partial charge in [-0.05, 0) is 45.8 Å². The normalized spacial score (nSPS) is 25.7. The zero-order valence-electron chi connectivity index (χ0n) is 14.1. The zero-order valence-corrected chi connectivity index (χ0v) is 14.9. The maximum absolute atomic E-state index is 12.6. The highest BCUT2D eigenvalue weighted by molar-refractivity contribution is 7.90. The van der Waals surface area contributed by atoms with Gasteiger partial charge >= 0.3 is 11.9 Å². The summed E-state index contributed by atoms with van der Waals surface area (Å²) in [7, 11) is -3.62. The lowest BCUT2D eigenvalue weighted by Gasteiger charge is -2.25. The fourth-order valence-corrected chi connectivity index (χ4v) is 4.58. The van der Waals surface area contributed by atoms with Crippen molar-refractivity contribution in [2.75, 3.05) is 13.1 Å². The number of rotatable bonds is 5. The Bertz CT molecular complexity index is 803. The van der Waals surface area contributed by atoms with Crippen molar-refractivity contribution in [1.29, 1.82) is 0 Å². The number of urea groups is 1. The maximum Gasteiger partial charge on any atom is 0.501 e. The first-order valence-electron chi connectivity index (χ1n) is 8.16. The van der Waals surface area contributed by atoms with Crippen molar-refractivity contribution in [3.05, 3.63) is 23.8 Å². The molecule has 0 spiro atoms. The Morgan fingerprint density at radius 3 is 2.54 bits per heavy atom. The molecule has 3 aliphatic rings. The number of allylic oxidation sites excluding steroid dienone is 1. The number of imide groups is 1. The number of fused-ring (bicyclic) bond motifs is 1. The Kier molecular flexibility index (Phi) is 4.00. The summed E-state index contributed by atoms with van der Waals surface area (Å²) in [6.45, 7) is 6.06. The van der Waals surface area contributed by atoms with Crippen LogP contribution in [0, 0.1) is 0 Å². The van der Waals surface area contributed by atoms with Crippen LogP contribution in [0.5, 0.6) is 0 Å². The van der Waals surface area contributed by atoms with Crippen LogP contribution < -0.4 is 4.72 Å². The van der Waals surface area contributed by atoms with Crippen molar-refractivity contribution in [2.24, 2.45) is 0 Å². The molecule has 0 aromatic heterocycles. The molecule has 1 heterocycles. The lowest BCUT2D eigenvalue weighted by Crippen LogP contribution is -2.52. The Morgan fingerprint density at radius 1 is 1.33 bits per heavy atom. The van der Waals surface area contributed by atoms with Crippen LogP contribution in [0.15, 0.2) is 23.8 Å². The summed E-state index contributed by atoms with van der Waals surface area (Å²) in [5.74, 6) is -0.440. The van der Waals surface area contributed by atoms with Gasteiger partial charge in [-0.1, -0.05) is 6.08 Å². The third-order valence-corrected chi connectivity index (χ3v) is 6.45. The second-order valence-electron chi connectivity index (χ2n) is 6.57. The Morgan fingerprint density at radius 2 is 2.00 bits per heavy atom. The number of amides is 3. The van der Waals surface area contributed by atoms with Gasteiger partial charge in [-0.2, -0.15) is 14.3 Å². The van der Waals surface area contributed by atoms with Gasteiger partial charge in [-0.25, -0.2) is 17.9 Å². The molecule has 7 nitrogen and oxygen atoms in total. The number of sulfonamides is 1. The van der Waals surface area contributed by atoms with Crippen LogP contribution in [0.3, 0.4) is 0 Å². The third kappa shape index (κ3) is 2.73. The minimum Gasteiger partial charge on any atom is -0.240 e. The number of carbonyl (C=O) groups excluding carboxylic acids is 2. The Balaban J connectivity index is 2.01. The van der Waals surface area contributed by atoms with Crippen molar-refractivity contribution in [3.8, 4) is 0 Å². The monoisotopic (exact) mass is 352 g/mol. The number of carbonyl (C=O) groups is 2. The molecule has 1 unspecified atom stereocenters. The molecule has 0 bridgehead atoms. The van der Waals surface area contributed by atoms with Crippen molar-refractivity contribution < 1.29 is 22.6 Å². The number of nitrogens with zero attached hydrogens (tertiary/aromatic N) is 2. The Hall–Kier alpha value is -1.80. The van der Waals surface area contributed by atoms with Crippen LogP contribution in [-0.4, -0.2) is 59.4 Å². The molecule has 0 radical (unpaired) electrons. The van der Waals surface area contributed by atoms with Crippen LogP contribution in [0.1, 0.15) is 33.6 Å². The average molecular weight is 352 g/mol. The number of likely N-dealkylation sites (N-methyl/N-ethyl adjacent to an activating group) is 1. The van der Waals surface area contributed by atoms with E-state index in [-0.39, 0.29) is 23.7 Å². The molecule has 0 aromatic carbocycles. The third-order valence-electron chi connectivity index (χ3n) is 4.66. The Labute approximate surface area is 141 Å². The van der Waals surface area contributed by atoms with Crippen LogP contribution >= 0.6 is 0 Å². The maximum atomic E-state index is 12.6. The number of nitrogens with one attached hydrogen (secondary N) is 1. The van der Waals surface area contributed by atoms with Crippen LogP contribution in [0.4, 0.5) is 4.79 Å². The summed E-state index contributed by atoms with van der Waals surface area (Å²) in [5, 5.41) is -0.914. The van der Waals surface area contributed by atoms with E-state index >= 15 is 0 Å². The van der Waals surface area contributed by atoms with E-state index in [2.05, 4.69) is 4.72 Å². The molecule has 1 saturated carbocycles. The molecular weight excluding hydrogens is 330 g/mol. The molecule has 1 N–H and O–H groups in total. The first kappa shape index (κ1) is 17.0. The van der Waals surface area contributed by atoms with E-state index in [1.165, 1.54) is 16.7 Å². The van der Waals surface area contributed by atoms with E-state index in [4.69, 9.17) is 0 Å². The summed E-state index contributed by atoms with van der Waals surface area (Å²) in [4.78, 5) is 26.1. The topological polar surface area (TPSA) is 86.6 Å². The summed E-state index contributed by atoms with van der Waals surface area (Å²) < 4.78 is 29.3.